The summed E-state index contributed by atoms with van der Waals surface area (Å²) in [5, 5.41) is 6.68. The van der Waals surface area contributed by atoms with Gasteiger partial charge in [-0.15, -0.1) is 0 Å². The number of nitrogens with one attached hydrogen (secondary N) is 1. The van der Waals surface area contributed by atoms with Crippen molar-refractivity contribution in [1.29, 1.82) is 0 Å². The van der Waals surface area contributed by atoms with Gasteiger partial charge >= 0.3 is 10.8 Å². The van der Waals surface area contributed by atoms with Crippen molar-refractivity contribution >= 4 is 34.0 Å². The number of benzene rings is 2. The van der Waals surface area contributed by atoms with Crippen LogP contribution in [0.3, 0.4) is 0 Å². The summed E-state index contributed by atoms with van der Waals surface area (Å²) >= 11 is 1.02. The fourth-order valence-corrected chi connectivity index (χ4v) is 3.64. The number of ether oxygens (including phenoxy) is 1. The summed E-state index contributed by atoms with van der Waals surface area (Å²) in [5.74, 6) is -1.01. The second kappa shape index (κ2) is 8.18. The van der Waals surface area contributed by atoms with E-state index >= 15 is 0 Å². The molecule has 0 saturated heterocycles. The van der Waals surface area contributed by atoms with Gasteiger partial charge in [-0.25, -0.2) is 0 Å². The van der Waals surface area contributed by atoms with Gasteiger partial charge in [0, 0.05) is 11.1 Å². The van der Waals surface area contributed by atoms with Crippen molar-refractivity contribution in [2.75, 3.05) is 6.61 Å². The Kier molecular flexibility index (Phi) is 5.71. The number of nitrogens with zero attached hydrogens (tertiary/aromatic N) is 1. The van der Waals surface area contributed by atoms with Gasteiger partial charge in [0.05, 0.1) is 6.04 Å². The zero-order valence-electron chi connectivity index (χ0n) is 15.1. The third-order valence-corrected chi connectivity index (χ3v) is 5.18. The Morgan fingerprint density at radius 1 is 1.19 bits per heavy atom. The number of rotatable bonds is 6. The summed E-state index contributed by atoms with van der Waals surface area (Å²) in [4.78, 5) is 35.4. The molecule has 7 heteroatoms. The number of hydrogen-bond acceptors (Lipinski definition) is 5. The lowest BCUT2D eigenvalue weighted by molar-refractivity contribution is -0.149. The molecule has 3 rings (SSSR count). The Balaban J connectivity index is 1.57. The van der Waals surface area contributed by atoms with Crippen LogP contribution in [0.5, 0.6) is 0 Å². The minimum atomic E-state index is -0.619. The maximum absolute atomic E-state index is 12.1. The molecule has 0 spiro atoms. The second-order valence-corrected chi connectivity index (χ2v) is 7.07. The molecule has 1 aromatic heterocycles. The van der Waals surface area contributed by atoms with Crippen LogP contribution >= 0.6 is 11.3 Å². The third kappa shape index (κ3) is 4.43. The van der Waals surface area contributed by atoms with Crippen molar-refractivity contribution < 1.29 is 14.3 Å². The molecule has 0 fully saturated rings. The van der Waals surface area contributed by atoms with Crippen LogP contribution in [-0.4, -0.2) is 23.1 Å². The maximum Gasteiger partial charge on any atom is 0.326 e. The first-order valence-corrected chi connectivity index (χ1v) is 9.41. The van der Waals surface area contributed by atoms with Crippen molar-refractivity contribution in [3.8, 4) is 0 Å². The minimum absolute atomic E-state index is 0.194. The lowest BCUT2D eigenvalue weighted by Crippen LogP contribution is -2.32. The summed E-state index contributed by atoms with van der Waals surface area (Å²) in [6.45, 7) is 3.05. The number of aryl methyl sites for hydroxylation is 1. The molecular weight excluding hydrogens is 364 g/mol. The molecule has 0 aliphatic rings. The number of fused-ring (bicyclic) bond motifs is 1. The first-order valence-electron chi connectivity index (χ1n) is 8.53. The largest absolute Gasteiger partial charge is 0.454 e. The van der Waals surface area contributed by atoms with E-state index in [9.17, 15) is 14.4 Å². The van der Waals surface area contributed by atoms with Crippen LogP contribution in [0.25, 0.3) is 10.8 Å². The molecule has 6 nitrogen and oxygen atoms in total. The molecule has 0 aliphatic carbocycles. The fourth-order valence-electron chi connectivity index (χ4n) is 2.91. The van der Waals surface area contributed by atoms with E-state index in [-0.39, 0.29) is 24.1 Å². The van der Waals surface area contributed by atoms with Crippen molar-refractivity contribution in [1.82, 2.24) is 9.88 Å². The highest BCUT2D eigenvalue weighted by Crippen LogP contribution is 2.23. The van der Waals surface area contributed by atoms with Crippen LogP contribution in [-0.2, 0) is 20.9 Å². The monoisotopic (exact) mass is 384 g/mol. The van der Waals surface area contributed by atoms with Gasteiger partial charge in [-0.1, -0.05) is 53.8 Å². The Morgan fingerprint density at radius 2 is 1.93 bits per heavy atom. The minimum Gasteiger partial charge on any atom is -0.454 e. The van der Waals surface area contributed by atoms with Crippen LogP contribution in [0.4, 0.5) is 0 Å². The molecule has 1 unspecified atom stereocenters. The van der Waals surface area contributed by atoms with E-state index in [1.54, 1.807) is 12.3 Å². The third-order valence-electron chi connectivity index (χ3n) is 4.30. The van der Waals surface area contributed by atoms with E-state index in [2.05, 4.69) is 5.32 Å². The topological polar surface area (TPSA) is 77.4 Å². The lowest BCUT2D eigenvalue weighted by atomic mass is 10.00. The number of amides is 1. The van der Waals surface area contributed by atoms with Crippen LogP contribution in [0.1, 0.15) is 24.2 Å². The van der Waals surface area contributed by atoms with Gasteiger partial charge in [0.25, 0.3) is 5.91 Å². The highest BCUT2D eigenvalue weighted by atomic mass is 32.1. The van der Waals surface area contributed by atoms with Crippen LogP contribution in [0.15, 0.2) is 52.6 Å². The lowest BCUT2D eigenvalue weighted by Gasteiger charge is -2.16. The van der Waals surface area contributed by atoms with Gasteiger partial charge in [-0.2, -0.15) is 0 Å². The van der Waals surface area contributed by atoms with E-state index in [1.807, 2.05) is 49.4 Å². The molecule has 1 heterocycles. The summed E-state index contributed by atoms with van der Waals surface area (Å²) in [5.41, 5.74) is 1.68. The van der Waals surface area contributed by atoms with Gasteiger partial charge in [-0.05, 0) is 30.2 Å². The van der Waals surface area contributed by atoms with Crippen LogP contribution in [0.2, 0.25) is 0 Å². The standard InChI is InChI=1S/C20H20N2O4S/c1-13-12-27-20(25)22(13)10-19(24)26-11-18(23)21-14(2)16-9-5-7-15-6-3-4-8-17(15)16/h3-9,12,14H,10-11H2,1-2H3,(H,21,23). The summed E-state index contributed by atoms with van der Waals surface area (Å²) < 4.78 is 6.33. The van der Waals surface area contributed by atoms with Crippen LogP contribution in [0, 0.1) is 6.92 Å². The molecule has 140 valence electrons. The molecule has 2 aromatic carbocycles. The second-order valence-electron chi connectivity index (χ2n) is 6.25. The highest BCUT2D eigenvalue weighted by molar-refractivity contribution is 7.07. The highest BCUT2D eigenvalue weighted by Gasteiger charge is 2.15. The van der Waals surface area contributed by atoms with Crippen molar-refractivity contribution in [3.63, 3.8) is 0 Å². The molecule has 1 amide bonds. The number of hydrogen-bond donors (Lipinski definition) is 1. The predicted molar refractivity (Wildman–Crippen MR) is 105 cm³/mol. The summed E-state index contributed by atoms with van der Waals surface area (Å²) in [7, 11) is 0. The number of carbonyl (C=O) groups is 2. The SMILES string of the molecule is Cc1csc(=O)n1CC(=O)OCC(=O)NC(C)c1cccc2ccccc12. The van der Waals surface area contributed by atoms with Gasteiger partial charge in [0.2, 0.25) is 0 Å². The molecule has 1 N–H and O–H groups in total. The predicted octanol–water partition coefficient (Wildman–Crippen LogP) is 2.79. The Morgan fingerprint density at radius 3 is 2.67 bits per heavy atom. The molecule has 0 aliphatic heterocycles. The number of esters is 1. The molecular formula is C20H20N2O4S. The van der Waals surface area contributed by atoms with E-state index in [1.165, 1.54) is 4.57 Å². The quantitative estimate of drug-likeness (QED) is 0.663. The molecule has 27 heavy (non-hydrogen) atoms. The normalized spacial score (nSPS) is 11.9. The maximum atomic E-state index is 12.1. The Labute approximate surface area is 160 Å². The number of aromatic nitrogens is 1. The van der Waals surface area contributed by atoms with E-state index < -0.39 is 11.9 Å². The molecule has 0 saturated carbocycles. The van der Waals surface area contributed by atoms with E-state index in [4.69, 9.17) is 4.74 Å². The molecule has 0 radical (unpaired) electrons. The zero-order valence-corrected chi connectivity index (χ0v) is 15.9. The smallest absolute Gasteiger partial charge is 0.326 e. The average Bonchev–Trinajstić information content (AvgIpc) is 2.98. The molecule has 1 atom stereocenters. The van der Waals surface area contributed by atoms with Crippen LogP contribution < -0.4 is 10.2 Å². The van der Waals surface area contributed by atoms with E-state index in [0.29, 0.717) is 5.69 Å². The zero-order chi connectivity index (χ0) is 19.4. The van der Waals surface area contributed by atoms with E-state index in [0.717, 1.165) is 27.7 Å². The fraction of sp³-hybridized carbons (Fsp3) is 0.250. The summed E-state index contributed by atoms with van der Waals surface area (Å²) in [6.07, 6.45) is 0. The van der Waals surface area contributed by atoms with Crippen molar-refractivity contribution in [2.24, 2.45) is 0 Å². The molecule has 3 aromatic rings. The number of carbonyl (C=O) groups excluding carboxylic acids is 2. The Hall–Kier alpha value is -2.93. The first kappa shape index (κ1) is 18.8. The van der Waals surface area contributed by atoms with Crippen molar-refractivity contribution in [3.05, 3.63) is 68.8 Å². The molecule has 0 bridgehead atoms. The average molecular weight is 384 g/mol. The first-order chi connectivity index (χ1) is 13.0. The van der Waals surface area contributed by atoms with Gasteiger partial charge < -0.3 is 10.1 Å². The van der Waals surface area contributed by atoms with Gasteiger partial charge in [0.1, 0.15) is 6.54 Å². The Bertz CT molecular complexity index is 1030. The van der Waals surface area contributed by atoms with Gasteiger partial charge in [-0.3, -0.25) is 19.0 Å². The summed E-state index contributed by atoms with van der Waals surface area (Å²) in [6, 6.07) is 13.6. The van der Waals surface area contributed by atoms with Crippen molar-refractivity contribution in [2.45, 2.75) is 26.4 Å². The number of thiazole rings is 1. The van der Waals surface area contributed by atoms with Gasteiger partial charge in [0.15, 0.2) is 6.61 Å².